The van der Waals surface area contributed by atoms with Gasteiger partial charge in [0.25, 0.3) is 0 Å². The molecule has 0 radical (unpaired) electrons. The highest BCUT2D eigenvalue weighted by molar-refractivity contribution is 5.82. The predicted molar refractivity (Wildman–Crippen MR) is 59.2 cm³/mol. The quantitative estimate of drug-likeness (QED) is 0.667. The Morgan fingerprint density at radius 1 is 1.28 bits per heavy atom. The maximum atomic E-state index is 11.9. The summed E-state index contributed by atoms with van der Waals surface area (Å²) in [5, 5.41) is 0. The lowest BCUT2D eigenvalue weighted by Crippen LogP contribution is -2.15. The SMILES string of the molecule is N/C(=C/C(=O)OCc1ccccc1)CC(F)(F)F. The number of carbonyl (C=O) groups is 1. The first-order valence-corrected chi connectivity index (χ1v) is 5.10. The molecule has 0 unspecified atom stereocenters. The van der Waals surface area contributed by atoms with Crippen molar-refractivity contribution in [3.63, 3.8) is 0 Å². The molecule has 1 rings (SSSR count). The molecule has 6 heteroatoms. The first-order chi connectivity index (χ1) is 8.37. The van der Waals surface area contributed by atoms with E-state index in [4.69, 9.17) is 10.5 Å². The summed E-state index contributed by atoms with van der Waals surface area (Å²) in [4.78, 5) is 11.2. The van der Waals surface area contributed by atoms with E-state index >= 15 is 0 Å². The fourth-order valence-electron chi connectivity index (χ4n) is 1.20. The first kappa shape index (κ1) is 14.1. The zero-order chi connectivity index (χ0) is 13.6. The molecule has 0 heterocycles. The number of esters is 1. The zero-order valence-electron chi connectivity index (χ0n) is 9.41. The molecule has 0 aliphatic carbocycles. The summed E-state index contributed by atoms with van der Waals surface area (Å²) in [5.41, 5.74) is 5.25. The Morgan fingerprint density at radius 3 is 2.44 bits per heavy atom. The van der Waals surface area contributed by atoms with E-state index in [2.05, 4.69) is 0 Å². The summed E-state index contributed by atoms with van der Waals surface area (Å²) in [6.07, 6.45) is -5.11. The van der Waals surface area contributed by atoms with Crippen molar-refractivity contribution in [2.75, 3.05) is 0 Å². The standard InChI is InChI=1S/C12H12F3NO2/c13-12(14,15)7-10(16)6-11(17)18-8-9-4-2-1-3-5-9/h1-6H,7-8,16H2/b10-6+. The molecule has 18 heavy (non-hydrogen) atoms. The lowest BCUT2D eigenvalue weighted by Gasteiger charge is -2.06. The molecule has 1 aromatic rings. The van der Waals surface area contributed by atoms with Crippen molar-refractivity contribution in [3.05, 3.63) is 47.7 Å². The number of rotatable bonds is 4. The summed E-state index contributed by atoms with van der Waals surface area (Å²) in [5.74, 6) is -0.888. The van der Waals surface area contributed by atoms with Crippen LogP contribution in [0, 0.1) is 0 Å². The van der Waals surface area contributed by atoms with Crippen LogP contribution in [0.5, 0.6) is 0 Å². The average molecular weight is 259 g/mol. The molecule has 0 bridgehead atoms. The Kier molecular flexibility index (Phi) is 4.76. The van der Waals surface area contributed by atoms with E-state index in [-0.39, 0.29) is 6.61 Å². The van der Waals surface area contributed by atoms with Crippen LogP contribution in [-0.4, -0.2) is 12.1 Å². The number of alkyl halides is 3. The summed E-state index contributed by atoms with van der Waals surface area (Å²) in [6, 6.07) is 8.78. The van der Waals surface area contributed by atoms with Gasteiger partial charge in [-0.25, -0.2) is 4.79 Å². The number of ether oxygens (including phenoxy) is 1. The Bertz CT molecular complexity index is 427. The van der Waals surface area contributed by atoms with Crippen LogP contribution in [0.2, 0.25) is 0 Å². The molecule has 98 valence electrons. The summed E-state index contributed by atoms with van der Waals surface area (Å²) in [7, 11) is 0. The lowest BCUT2D eigenvalue weighted by atomic mass is 10.2. The normalized spacial score (nSPS) is 12.3. The molecule has 0 aromatic heterocycles. The molecule has 0 saturated heterocycles. The van der Waals surface area contributed by atoms with Crippen molar-refractivity contribution in [2.24, 2.45) is 5.73 Å². The van der Waals surface area contributed by atoms with Crippen molar-refractivity contribution in [2.45, 2.75) is 19.2 Å². The van der Waals surface area contributed by atoms with Crippen molar-refractivity contribution < 1.29 is 22.7 Å². The minimum absolute atomic E-state index is 0.00449. The van der Waals surface area contributed by atoms with Crippen molar-refractivity contribution in [1.82, 2.24) is 0 Å². The smallest absolute Gasteiger partial charge is 0.394 e. The molecule has 1 aromatic carbocycles. The predicted octanol–water partition coefficient (Wildman–Crippen LogP) is 2.52. The molecule has 0 atom stereocenters. The Morgan fingerprint density at radius 2 is 1.89 bits per heavy atom. The lowest BCUT2D eigenvalue weighted by molar-refractivity contribution is -0.139. The van der Waals surface area contributed by atoms with E-state index < -0.39 is 24.3 Å². The second-order valence-corrected chi connectivity index (χ2v) is 3.60. The van der Waals surface area contributed by atoms with Gasteiger partial charge in [-0.05, 0) is 5.56 Å². The molecule has 3 nitrogen and oxygen atoms in total. The minimum atomic E-state index is -4.43. The minimum Gasteiger partial charge on any atom is -0.458 e. The van der Waals surface area contributed by atoms with Gasteiger partial charge in [-0.1, -0.05) is 30.3 Å². The van der Waals surface area contributed by atoms with Crippen LogP contribution in [0.4, 0.5) is 13.2 Å². The van der Waals surface area contributed by atoms with Crippen molar-refractivity contribution in [3.8, 4) is 0 Å². The second-order valence-electron chi connectivity index (χ2n) is 3.60. The third-order valence-electron chi connectivity index (χ3n) is 1.93. The highest BCUT2D eigenvalue weighted by Gasteiger charge is 2.28. The van der Waals surface area contributed by atoms with Gasteiger partial charge in [-0.3, -0.25) is 0 Å². The van der Waals surface area contributed by atoms with E-state index in [9.17, 15) is 18.0 Å². The molecule has 0 aliphatic heterocycles. The van der Waals surface area contributed by atoms with Gasteiger partial charge in [0.05, 0.1) is 6.42 Å². The number of allylic oxidation sites excluding steroid dienone is 1. The Hall–Kier alpha value is -1.98. The van der Waals surface area contributed by atoms with Crippen molar-refractivity contribution >= 4 is 5.97 Å². The number of benzene rings is 1. The van der Waals surface area contributed by atoms with Gasteiger partial charge in [0.1, 0.15) is 6.61 Å². The average Bonchev–Trinajstić information content (AvgIpc) is 2.25. The van der Waals surface area contributed by atoms with Crippen LogP contribution in [0.1, 0.15) is 12.0 Å². The molecule has 0 saturated carbocycles. The van der Waals surface area contributed by atoms with E-state index in [0.717, 1.165) is 5.56 Å². The molecule has 0 spiro atoms. The van der Waals surface area contributed by atoms with Crippen LogP contribution in [0.3, 0.4) is 0 Å². The van der Waals surface area contributed by atoms with Gasteiger partial charge >= 0.3 is 12.1 Å². The van der Waals surface area contributed by atoms with Crippen LogP contribution >= 0.6 is 0 Å². The number of hydrogen-bond acceptors (Lipinski definition) is 3. The van der Waals surface area contributed by atoms with Gasteiger partial charge in [-0.2, -0.15) is 13.2 Å². The number of carbonyl (C=O) groups excluding carboxylic acids is 1. The van der Waals surface area contributed by atoms with Gasteiger partial charge < -0.3 is 10.5 Å². The van der Waals surface area contributed by atoms with E-state index in [1.54, 1.807) is 30.3 Å². The number of halogens is 3. The van der Waals surface area contributed by atoms with E-state index in [1.807, 2.05) is 0 Å². The summed E-state index contributed by atoms with van der Waals surface area (Å²) < 4.78 is 40.6. The largest absolute Gasteiger partial charge is 0.458 e. The fraction of sp³-hybridized carbons (Fsp3) is 0.250. The fourth-order valence-corrected chi connectivity index (χ4v) is 1.20. The topological polar surface area (TPSA) is 52.3 Å². The van der Waals surface area contributed by atoms with Crippen LogP contribution in [0.25, 0.3) is 0 Å². The second kappa shape index (κ2) is 6.09. The molecule has 2 N–H and O–H groups in total. The summed E-state index contributed by atoms with van der Waals surface area (Å²) in [6.45, 7) is -0.00449. The van der Waals surface area contributed by atoms with E-state index in [1.165, 1.54) is 0 Å². The maximum Gasteiger partial charge on any atom is 0.394 e. The third kappa shape index (κ3) is 5.93. The molecule has 0 aliphatic rings. The third-order valence-corrected chi connectivity index (χ3v) is 1.93. The molecular formula is C12H12F3NO2. The number of nitrogens with two attached hydrogens (primary N) is 1. The van der Waals surface area contributed by atoms with Crippen LogP contribution in [-0.2, 0) is 16.1 Å². The summed E-state index contributed by atoms with van der Waals surface area (Å²) >= 11 is 0. The maximum absolute atomic E-state index is 11.9. The zero-order valence-corrected chi connectivity index (χ0v) is 9.41. The van der Waals surface area contributed by atoms with Gasteiger partial charge in [0, 0.05) is 11.8 Å². The van der Waals surface area contributed by atoms with E-state index in [0.29, 0.717) is 6.08 Å². The molecule has 0 amide bonds. The van der Waals surface area contributed by atoms with Gasteiger partial charge in [0.2, 0.25) is 0 Å². The first-order valence-electron chi connectivity index (χ1n) is 5.10. The van der Waals surface area contributed by atoms with Crippen LogP contribution < -0.4 is 5.73 Å². The molecular weight excluding hydrogens is 247 g/mol. The van der Waals surface area contributed by atoms with Gasteiger partial charge in [0.15, 0.2) is 0 Å². The van der Waals surface area contributed by atoms with Crippen LogP contribution in [0.15, 0.2) is 42.1 Å². The highest BCUT2D eigenvalue weighted by Crippen LogP contribution is 2.22. The Balaban J connectivity index is 2.44. The molecule has 0 fully saturated rings. The Labute approximate surface area is 102 Å². The highest BCUT2D eigenvalue weighted by atomic mass is 19.4. The number of hydrogen-bond donors (Lipinski definition) is 1. The monoisotopic (exact) mass is 259 g/mol. The van der Waals surface area contributed by atoms with Gasteiger partial charge in [-0.15, -0.1) is 0 Å². The van der Waals surface area contributed by atoms with Crippen molar-refractivity contribution in [1.29, 1.82) is 0 Å².